The number of hydrogen-bond acceptors (Lipinski definition) is 2. The number of halogens is 2. The molecule has 3 rings (SSSR count). The highest BCUT2D eigenvalue weighted by atomic mass is 35.5. The number of aliphatic hydroxyl groups is 1. The highest BCUT2D eigenvalue weighted by molar-refractivity contribution is 6.30. The molecule has 0 fully saturated rings. The summed E-state index contributed by atoms with van der Waals surface area (Å²) in [6.45, 7) is 0.800. The zero-order valence-electron chi connectivity index (χ0n) is 10.8. The first kappa shape index (κ1) is 13.6. The Labute approximate surface area is 122 Å². The van der Waals surface area contributed by atoms with Crippen LogP contribution in [0.15, 0.2) is 42.5 Å². The van der Waals surface area contributed by atoms with E-state index in [1.807, 2.05) is 18.2 Å². The van der Waals surface area contributed by atoms with Crippen LogP contribution in [0, 0.1) is 5.82 Å². The van der Waals surface area contributed by atoms with Gasteiger partial charge in [0, 0.05) is 0 Å². The summed E-state index contributed by atoms with van der Waals surface area (Å²) in [5, 5.41) is 13.9. The lowest BCUT2D eigenvalue weighted by atomic mass is 9.88. The van der Waals surface area contributed by atoms with Crippen molar-refractivity contribution in [2.45, 2.75) is 18.6 Å². The number of aliphatic hydroxyl groups excluding tert-OH is 1. The maximum Gasteiger partial charge on any atom is 0.142 e. The van der Waals surface area contributed by atoms with Crippen LogP contribution in [0.1, 0.15) is 28.8 Å². The summed E-state index contributed by atoms with van der Waals surface area (Å²) in [7, 11) is 0. The summed E-state index contributed by atoms with van der Waals surface area (Å²) in [6.07, 6.45) is 0.136. The molecule has 104 valence electrons. The van der Waals surface area contributed by atoms with Gasteiger partial charge in [-0.1, -0.05) is 41.9 Å². The Morgan fingerprint density at radius 3 is 2.85 bits per heavy atom. The first-order chi connectivity index (χ1) is 9.66. The molecule has 2 N–H and O–H groups in total. The molecule has 0 spiro atoms. The van der Waals surface area contributed by atoms with Gasteiger partial charge in [0.15, 0.2) is 0 Å². The Balaban J connectivity index is 1.95. The monoisotopic (exact) mass is 291 g/mol. The highest BCUT2D eigenvalue weighted by Crippen LogP contribution is 2.34. The van der Waals surface area contributed by atoms with Crippen LogP contribution in [0.25, 0.3) is 0 Å². The van der Waals surface area contributed by atoms with E-state index in [2.05, 4.69) is 11.4 Å². The van der Waals surface area contributed by atoms with Crippen molar-refractivity contribution >= 4 is 11.6 Å². The van der Waals surface area contributed by atoms with Crippen molar-refractivity contribution in [3.8, 4) is 0 Å². The van der Waals surface area contributed by atoms with Crippen LogP contribution in [0.2, 0.25) is 5.02 Å². The van der Waals surface area contributed by atoms with E-state index in [1.165, 1.54) is 17.7 Å². The van der Waals surface area contributed by atoms with Gasteiger partial charge in [0.25, 0.3) is 0 Å². The Morgan fingerprint density at radius 1 is 1.25 bits per heavy atom. The minimum absolute atomic E-state index is 0.0675. The molecule has 20 heavy (non-hydrogen) atoms. The van der Waals surface area contributed by atoms with Gasteiger partial charge < -0.3 is 10.4 Å². The predicted molar refractivity (Wildman–Crippen MR) is 77.3 cm³/mol. The zero-order valence-corrected chi connectivity index (χ0v) is 11.6. The van der Waals surface area contributed by atoms with Gasteiger partial charge in [-0.3, -0.25) is 0 Å². The van der Waals surface area contributed by atoms with Gasteiger partial charge in [-0.25, -0.2) is 4.39 Å². The summed E-state index contributed by atoms with van der Waals surface area (Å²) in [4.78, 5) is 0. The fraction of sp³-hybridized carbons (Fsp3) is 0.250. The van der Waals surface area contributed by atoms with Gasteiger partial charge in [0.2, 0.25) is 0 Å². The van der Waals surface area contributed by atoms with Crippen LogP contribution in [-0.4, -0.2) is 11.7 Å². The first-order valence-corrected chi connectivity index (χ1v) is 6.99. The van der Waals surface area contributed by atoms with Crippen LogP contribution in [-0.2, 0) is 6.42 Å². The van der Waals surface area contributed by atoms with Crippen molar-refractivity contribution in [3.63, 3.8) is 0 Å². The molecular formula is C16H15ClFNO. The van der Waals surface area contributed by atoms with Gasteiger partial charge in [0.05, 0.1) is 17.2 Å². The predicted octanol–water partition coefficient (Wildman–Crippen LogP) is 3.40. The second kappa shape index (κ2) is 5.52. The second-order valence-electron chi connectivity index (χ2n) is 5.00. The Hall–Kier alpha value is -1.42. The smallest absolute Gasteiger partial charge is 0.142 e. The molecule has 1 aliphatic rings. The number of nitrogens with one attached hydrogen (secondary N) is 1. The number of hydrogen-bond donors (Lipinski definition) is 2. The van der Waals surface area contributed by atoms with Gasteiger partial charge in [-0.2, -0.15) is 0 Å². The normalized spacial score (nSPS) is 19.4. The molecule has 0 amide bonds. The third-order valence-corrected chi connectivity index (χ3v) is 4.06. The van der Waals surface area contributed by atoms with E-state index in [0.717, 1.165) is 18.5 Å². The molecule has 1 aliphatic heterocycles. The average Bonchev–Trinajstić information content (AvgIpc) is 2.49. The zero-order chi connectivity index (χ0) is 14.1. The lowest BCUT2D eigenvalue weighted by Gasteiger charge is -2.31. The van der Waals surface area contributed by atoms with E-state index < -0.39 is 11.9 Å². The molecule has 2 aromatic rings. The number of benzene rings is 2. The van der Waals surface area contributed by atoms with Crippen molar-refractivity contribution in [1.29, 1.82) is 0 Å². The molecule has 0 aliphatic carbocycles. The molecule has 4 heteroatoms. The molecule has 2 nitrogen and oxygen atoms in total. The van der Waals surface area contributed by atoms with Gasteiger partial charge in [-0.05, 0) is 41.8 Å². The molecule has 1 heterocycles. The van der Waals surface area contributed by atoms with Crippen molar-refractivity contribution in [2.24, 2.45) is 0 Å². The Morgan fingerprint density at radius 2 is 2.05 bits per heavy atom. The van der Waals surface area contributed by atoms with Gasteiger partial charge >= 0.3 is 0 Å². The summed E-state index contributed by atoms with van der Waals surface area (Å²) in [5.41, 5.74) is 2.83. The molecule has 0 aromatic heterocycles. The molecule has 0 bridgehead atoms. The minimum atomic E-state index is -0.803. The molecule has 0 saturated heterocycles. The average molecular weight is 292 g/mol. The quantitative estimate of drug-likeness (QED) is 0.889. The summed E-state index contributed by atoms with van der Waals surface area (Å²) in [6, 6.07) is 12.2. The largest absolute Gasteiger partial charge is 0.386 e. The first-order valence-electron chi connectivity index (χ1n) is 6.61. The standard InChI is InChI=1S/C16H15ClFNO/c17-13-6-5-11(9-14(13)18)16(20)15-12-4-2-1-3-10(12)7-8-19-15/h1-6,9,15-16,19-20H,7-8H2. The topological polar surface area (TPSA) is 32.3 Å². The van der Waals surface area contributed by atoms with Crippen molar-refractivity contribution in [2.75, 3.05) is 6.54 Å². The van der Waals surface area contributed by atoms with E-state index in [9.17, 15) is 9.50 Å². The van der Waals surface area contributed by atoms with E-state index in [-0.39, 0.29) is 11.1 Å². The van der Waals surface area contributed by atoms with Gasteiger partial charge in [-0.15, -0.1) is 0 Å². The maximum absolute atomic E-state index is 13.5. The fourth-order valence-electron chi connectivity index (χ4n) is 2.71. The third kappa shape index (κ3) is 2.44. The minimum Gasteiger partial charge on any atom is -0.386 e. The van der Waals surface area contributed by atoms with Crippen molar-refractivity contribution < 1.29 is 9.50 Å². The summed E-state index contributed by atoms with van der Waals surface area (Å²) >= 11 is 5.68. The van der Waals surface area contributed by atoms with Crippen LogP contribution < -0.4 is 5.32 Å². The lowest BCUT2D eigenvalue weighted by Crippen LogP contribution is -2.33. The lowest BCUT2D eigenvalue weighted by molar-refractivity contribution is 0.125. The Kier molecular flexibility index (Phi) is 3.74. The van der Waals surface area contributed by atoms with Crippen LogP contribution in [0.4, 0.5) is 4.39 Å². The van der Waals surface area contributed by atoms with Crippen LogP contribution >= 0.6 is 11.6 Å². The van der Waals surface area contributed by atoms with Gasteiger partial charge in [0.1, 0.15) is 5.82 Å². The number of rotatable bonds is 2. The van der Waals surface area contributed by atoms with E-state index in [4.69, 9.17) is 11.6 Å². The number of fused-ring (bicyclic) bond motifs is 1. The summed E-state index contributed by atoms with van der Waals surface area (Å²) in [5.74, 6) is -0.507. The Bertz CT molecular complexity index is 632. The van der Waals surface area contributed by atoms with Crippen molar-refractivity contribution in [3.05, 3.63) is 70.0 Å². The van der Waals surface area contributed by atoms with E-state index >= 15 is 0 Å². The maximum atomic E-state index is 13.5. The van der Waals surface area contributed by atoms with E-state index in [1.54, 1.807) is 6.07 Å². The molecular weight excluding hydrogens is 277 g/mol. The molecule has 0 saturated carbocycles. The van der Waals surface area contributed by atoms with Crippen LogP contribution in [0.5, 0.6) is 0 Å². The fourth-order valence-corrected chi connectivity index (χ4v) is 2.83. The van der Waals surface area contributed by atoms with Crippen molar-refractivity contribution in [1.82, 2.24) is 5.32 Å². The van der Waals surface area contributed by atoms with E-state index in [0.29, 0.717) is 5.56 Å². The molecule has 2 aromatic carbocycles. The second-order valence-corrected chi connectivity index (χ2v) is 5.41. The summed E-state index contributed by atoms with van der Waals surface area (Å²) < 4.78 is 13.5. The SMILES string of the molecule is OC(c1ccc(Cl)c(F)c1)C1NCCc2ccccc21. The van der Waals surface area contributed by atoms with Crippen LogP contribution in [0.3, 0.4) is 0 Å². The molecule has 0 radical (unpaired) electrons. The molecule has 2 unspecified atom stereocenters. The molecule has 2 atom stereocenters. The highest BCUT2D eigenvalue weighted by Gasteiger charge is 2.27. The third-order valence-electron chi connectivity index (χ3n) is 3.75.